The molecule has 4 nitrogen and oxygen atoms in total. The molecule has 0 aromatic heterocycles. The number of hydrogen-bond acceptors (Lipinski definition) is 3. The van der Waals surface area contributed by atoms with Crippen molar-refractivity contribution in [1.82, 2.24) is 0 Å². The average molecular weight is 257 g/mol. The highest BCUT2D eigenvalue weighted by molar-refractivity contribution is 5.89. The molecule has 0 aliphatic carbocycles. The molecule has 0 bridgehead atoms. The molecule has 2 N–H and O–H groups in total. The summed E-state index contributed by atoms with van der Waals surface area (Å²) >= 11 is 0. The summed E-state index contributed by atoms with van der Waals surface area (Å²) in [5.41, 5.74) is 2.00. The predicted molar refractivity (Wildman–Crippen MR) is 73.7 cm³/mol. The van der Waals surface area contributed by atoms with E-state index in [-0.39, 0.29) is 0 Å². The summed E-state index contributed by atoms with van der Waals surface area (Å²) < 4.78 is 5.08. The maximum atomic E-state index is 11.1. The van der Waals surface area contributed by atoms with Gasteiger partial charge in [-0.1, -0.05) is 18.2 Å². The minimum absolute atomic E-state index is 0.323. The fourth-order valence-electron chi connectivity index (χ4n) is 1.79. The third-order valence-corrected chi connectivity index (χ3v) is 2.82. The second-order valence-electron chi connectivity index (χ2n) is 4.04. The number of anilines is 1. The van der Waals surface area contributed by atoms with E-state index in [4.69, 9.17) is 9.84 Å². The molecule has 98 valence electrons. The summed E-state index contributed by atoms with van der Waals surface area (Å²) in [5.74, 6) is -0.122. The van der Waals surface area contributed by atoms with Crippen molar-refractivity contribution >= 4 is 11.7 Å². The molecule has 0 spiro atoms. The maximum Gasteiger partial charge on any atom is 0.336 e. The zero-order valence-electron chi connectivity index (χ0n) is 10.6. The van der Waals surface area contributed by atoms with Crippen molar-refractivity contribution in [3.05, 3.63) is 59.7 Å². The largest absolute Gasteiger partial charge is 0.497 e. The summed E-state index contributed by atoms with van der Waals surface area (Å²) in [6, 6.07) is 14.5. The van der Waals surface area contributed by atoms with Crippen LogP contribution in [-0.2, 0) is 6.54 Å². The van der Waals surface area contributed by atoms with Gasteiger partial charge in [-0.05, 0) is 35.9 Å². The van der Waals surface area contributed by atoms with E-state index in [9.17, 15) is 4.79 Å². The highest BCUT2D eigenvalue weighted by Crippen LogP contribution is 2.17. The number of carboxylic acid groups (broad SMARTS) is 1. The van der Waals surface area contributed by atoms with Gasteiger partial charge in [-0.2, -0.15) is 0 Å². The minimum atomic E-state index is -0.910. The lowest BCUT2D eigenvalue weighted by Gasteiger charge is -2.09. The van der Waals surface area contributed by atoms with Crippen LogP contribution in [0, 0.1) is 0 Å². The molecule has 0 saturated heterocycles. The fraction of sp³-hybridized carbons (Fsp3) is 0.133. The first-order chi connectivity index (χ1) is 9.20. The van der Waals surface area contributed by atoms with Crippen LogP contribution in [0.25, 0.3) is 0 Å². The summed E-state index contributed by atoms with van der Waals surface area (Å²) in [7, 11) is 1.62. The topological polar surface area (TPSA) is 58.6 Å². The first-order valence-corrected chi connectivity index (χ1v) is 5.90. The van der Waals surface area contributed by atoms with Crippen molar-refractivity contribution in [3.8, 4) is 5.75 Å². The van der Waals surface area contributed by atoms with Gasteiger partial charge in [0, 0.05) is 12.2 Å². The van der Waals surface area contributed by atoms with Crippen LogP contribution in [-0.4, -0.2) is 18.2 Å². The lowest BCUT2D eigenvalue weighted by Crippen LogP contribution is -2.06. The molecule has 0 aliphatic rings. The molecular weight excluding hydrogens is 242 g/mol. The first kappa shape index (κ1) is 13.0. The Hall–Kier alpha value is -2.49. The second-order valence-corrected chi connectivity index (χ2v) is 4.04. The van der Waals surface area contributed by atoms with Crippen LogP contribution < -0.4 is 10.1 Å². The van der Waals surface area contributed by atoms with Crippen LogP contribution in [0.5, 0.6) is 5.75 Å². The Bertz CT molecular complexity index is 564. The van der Waals surface area contributed by atoms with E-state index in [1.54, 1.807) is 25.3 Å². The number of carbonyl (C=O) groups is 1. The van der Waals surface area contributed by atoms with Gasteiger partial charge in [-0.25, -0.2) is 4.79 Å². The molecule has 0 amide bonds. The minimum Gasteiger partial charge on any atom is -0.497 e. The summed E-state index contributed by atoms with van der Waals surface area (Å²) in [6.45, 7) is 0.467. The Kier molecular flexibility index (Phi) is 4.03. The van der Waals surface area contributed by atoms with Crippen LogP contribution in [0.1, 0.15) is 15.9 Å². The second kappa shape index (κ2) is 5.91. The van der Waals surface area contributed by atoms with Gasteiger partial charge in [0.25, 0.3) is 0 Å². The number of carboxylic acids is 1. The monoisotopic (exact) mass is 257 g/mol. The Morgan fingerprint density at radius 2 is 1.84 bits per heavy atom. The molecule has 0 radical (unpaired) electrons. The molecule has 2 aromatic rings. The predicted octanol–water partition coefficient (Wildman–Crippen LogP) is 3.01. The Labute approximate surface area is 111 Å². The number of ether oxygens (including phenoxy) is 1. The van der Waals surface area contributed by atoms with Crippen molar-refractivity contribution in [1.29, 1.82) is 0 Å². The van der Waals surface area contributed by atoms with Gasteiger partial charge >= 0.3 is 5.97 Å². The van der Waals surface area contributed by atoms with Gasteiger partial charge in [-0.3, -0.25) is 0 Å². The van der Waals surface area contributed by atoms with E-state index in [0.717, 1.165) is 17.0 Å². The summed E-state index contributed by atoms with van der Waals surface area (Å²) in [6.07, 6.45) is 0. The molecule has 4 heteroatoms. The van der Waals surface area contributed by atoms with Crippen LogP contribution >= 0.6 is 0 Å². The highest BCUT2D eigenvalue weighted by atomic mass is 16.5. The highest BCUT2D eigenvalue weighted by Gasteiger charge is 2.08. The number of nitrogens with one attached hydrogen (secondary N) is 1. The zero-order valence-corrected chi connectivity index (χ0v) is 10.6. The molecule has 0 unspecified atom stereocenters. The van der Waals surface area contributed by atoms with Crippen molar-refractivity contribution in [2.75, 3.05) is 12.4 Å². The zero-order chi connectivity index (χ0) is 13.7. The Morgan fingerprint density at radius 1 is 1.16 bits per heavy atom. The molecule has 0 fully saturated rings. The molecule has 19 heavy (non-hydrogen) atoms. The van der Waals surface area contributed by atoms with Gasteiger partial charge < -0.3 is 15.2 Å². The van der Waals surface area contributed by atoms with Gasteiger partial charge in [0.1, 0.15) is 5.75 Å². The molecular formula is C15H15NO3. The number of hydrogen-bond donors (Lipinski definition) is 2. The SMILES string of the molecule is COc1ccc(NCc2ccccc2C(=O)O)cc1. The molecule has 2 aromatic carbocycles. The number of aromatic carboxylic acids is 1. The van der Waals surface area contributed by atoms with Crippen LogP contribution in [0.4, 0.5) is 5.69 Å². The van der Waals surface area contributed by atoms with E-state index in [1.165, 1.54) is 0 Å². The lowest BCUT2D eigenvalue weighted by atomic mass is 10.1. The molecule has 0 saturated carbocycles. The average Bonchev–Trinajstić information content (AvgIpc) is 2.46. The Balaban J connectivity index is 2.07. The van der Waals surface area contributed by atoms with Crippen molar-refractivity contribution in [2.24, 2.45) is 0 Å². The summed E-state index contributed by atoms with van der Waals surface area (Å²) in [4.78, 5) is 11.1. The molecule has 0 aliphatic heterocycles. The maximum absolute atomic E-state index is 11.1. The summed E-state index contributed by atoms with van der Waals surface area (Å²) in [5, 5.41) is 12.3. The van der Waals surface area contributed by atoms with Gasteiger partial charge in [0.05, 0.1) is 12.7 Å². The quantitative estimate of drug-likeness (QED) is 0.864. The third-order valence-electron chi connectivity index (χ3n) is 2.82. The smallest absolute Gasteiger partial charge is 0.336 e. The number of methoxy groups -OCH3 is 1. The Morgan fingerprint density at radius 3 is 2.47 bits per heavy atom. The van der Waals surface area contributed by atoms with E-state index >= 15 is 0 Å². The number of rotatable bonds is 5. The van der Waals surface area contributed by atoms with Gasteiger partial charge in [0.2, 0.25) is 0 Å². The fourth-order valence-corrected chi connectivity index (χ4v) is 1.79. The van der Waals surface area contributed by atoms with Gasteiger partial charge in [-0.15, -0.1) is 0 Å². The molecule has 0 atom stereocenters. The van der Waals surface area contributed by atoms with E-state index in [0.29, 0.717) is 12.1 Å². The molecule has 2 rings (SSSR count). The van der Waals surface area contributed by atoms with Crippen molar-refractivity contribution in [2.45, 2.75) is 6.54 Å². The van der Waals surface area contributed by atoms with Crippen molar-refractivity contribution in [3.63, 3.8) is 0 Å². The standard InChI is InChI=1S/C15H15NO3/c1-19-13-8-6-12(7-9-13)16-10-11-4-2-3-5-14(11)15(17)18/h2-9,16H,10H2,1H3,(H,17,18). The molecule has 0 heterocycles. The van der Waals surface area contributed by atoms with E-state index < -0.39 is 5.97 Å². The van der Waals surface area contributed by atoms with E-state index in [1.807, 2.05) is 30.3 Å². The van der Waals surface area contributed by atoms with E-state index in [2.05, 4.69) is 5.32 Å². The van der Waals surface area contributed by atoms with Crippen LogP contribution in [0.15, 0.2) is 48.5 Å². The normalized spacial score (nSPS) is 9.95. The van der Waals surface area contributed by atoms with Gasteiger partial charge in [0.15, 0.2) is 0 Å². The van der Waals surface area contributed by atoms with Crippen molar-refractivity contribution < 1.29 is 14.6 Å². The number of benzene rings is 2. The lowest BCUT2D eigenvalue weighted by molar-refractivity contribution is 0.0696. The first-order valence-electron chi connectivity index (χ1n) is 5.90. The third kappa shape index (κ3) is 3.25. The van der Waals surface area contributed by atoms with Crippen LogP contribution in [0.2, 0.25) is 0 Å². The van der Waals surface area contributed by atoms with Crippen LogP contribution in [0.3, 0.4) is 0 Å².